The lowest BCUT2D eigenvalue weighted by Gasteiger charge is -2.39. The standard InChI is InChI=1S/C33H44O17/c1-42-18-6-13(4-5-17(18)47-32-27(40)25(38)23(36)21(9-34)48-32)29-15-11-46-30(16(15)12-45-29)14-7-19(43-2)31(20(8-14)44-3)50-33-28(41)26(39)24(37)22(10-35)49-33/h4-8,15-16,21-30,32-41H,9-12H2,1-3H3. The van der Waals surface area contributed by atoms with Crippen LogP contribution in [0.5, 0.6) is 28.7 Å². The molecule has 0 aliphatic carbocycles. The number of aliphatic hydroxyl groups is 8. The minimum atomic E-state index is -1.64. The third-order valence-corrected chi connectivity index (χ3v) is 9.77. The van der Waals surface area contributed by atoms with Gasteiger partial charge in [0.25, 0.3) is 0 Å². The summed E-state index contributed by atoms with van der Waals surface area (Å²) in [5, 5.41) is 80.6. The third-order valence-electron chi connectivity index (χ3n) is 9.77. The van der Waals surface area contributed by atoms with Gasteiger partial charge in [-0.05, 0) is 35.4 Å². The van der Waals surface area contributed by atoms with Crippen LogP contribution < -0.4 is 23.7 Å². The lowest BCUT2D eigenvalue weighted by Crippen LogP contribution is -2.60. The van der Waals surface area contributed by atoms with Crippen LogP contribution in [-0.4, -0.2) is 150 Å². The molecular weight excluding hydrogens is 668 g/mol. The molecule has 6 rings (SSSR count). The first kappa shape index (κ1) is 36.7. The van der Waals surface area contributed by atoms with Crippen molar-refractivity contribution in [3.63, 3.8) is 0 Å². The van der Waals surface area contributed by atoms with E-state index < -0.39 is 80.7 Å². The maximum atomic E-state index is 10.5. The van der Waals surface area contributed by atoms with E-state index in [2.05, 4.69) is 0 Å². The summed E-state index contributed by atoms with van der Waals surface area (Å²) in [5.41, 5.74) is 1.48. The number of hydrogen-bond donors (Lipinski definition) is 8. The van der Waals surface area contributed by atoms with Crippen LogP contribution in [-0.2, 0) is 18.9 Å². The molecule has 4 aliphatic rings. The number of rotatable bonds is 11. The molecule has 0 amide bonds. The number of aliphatic hydroxyl groups excluding tert-OH is 8. The van der Waals surface area contributed by atoms with Gasteiger partial charge in [0.05, 0.1) is 60.0 Å². The Hall–Kier alpha value is -3.04. The van der Waals surface area contributed by atoms with Gasteiger partial charge in [0, 0.05) is 11.8 Å². The summed E-state index contributed by atoms with van der Waals surface area (Å²) in [7, 11) is 4.28. The Morgan fingerprint density at radius 3 is 1.50 bits per heavy atom. The van der Waals surface area contributed by atoms with Crippen LogP contribution in [0.3, 0.4) is 0 Å². The Morgan fingerprint density at radius 1 is 0.560 bits per heavy atom. The van der Waals surface area contributed by atoms with Gasteiger partial charge in [0.15, 0.2) is 23.0 Å². The Morgan fingerprint density at radius 2 is 1.02 bits per heavy atom. The molecule has 2 aromatic rings. The molecule has 0 radical (unpaired) electrons. The van der Waals surface area contributed by atoms with Crippen molar-refractivity contribution in [2.24, 2.45) is 11.8 Å². The van der Waals surface area contributed by atoms with Crippen molar-refractivity contribution < 1.29 is 83.5 Å². The summed E-state index contributed by atoms with van der Waals surface area (Å²) >= 11 is 0. The summed E-state index contributed by atoms with van der Waals surface area (Å²) in [5.74, 6) is 0.854. The molecule has 14 unspecified atom stereocenters. The van der Waals surface area contributed by atoms with Crippen molar-refractivity contribution in [2.45, 2.75) is 73.6 Å². The quantitative estimate of drug-likeness (QED) is 0.127. The minimum absolute atomic E-state index is 0.0658. The summed E-state index contributed by atoms with van der Waals surface area (Å²) in [6.45, 7) is -0.487. The van der Waals surface area contributed by atoms with Gasteiger partial charge < -0.3 is 83.5 Å². The summed E-state index contributed by atoms with van der Waals surface area (Å²) in [4.78, 5) is 0. The largest absolute Gasteiger partial charge is 0.493 e. The van der Waals surface area contributed by atoms with Crippen LogP contribution in [0.1, 0.15) is 23.3 Å². The highest BCUT2D eigenvalue weighted by Crippen LogP contribution is 2.53. The molecule has 0 aromatic heterocycles. The molecule has 17 nitrogen and oxygen atoms in total. The molecular formula is C33H44O17. The molecule has 4 fully saturated rings. The normalized spacial score (nSPS) is 38.4. The molecule has 0 saturated carbocycles. The van der Waals surface area contributed by atoms with Crippen LogP contribution in [0.15, 0.2) is 30.3 Å². The second-order valence-corrected chi connectivity index (χ2v) is 12.6. The first-order valence-electron chi connectivity index (χ1n) is 16.2. The smallest absolute Gasteiger partial charge is 0.229 e. The van der Waals surface area contributed by atoms with Gasteiger partial charge in [-0.2, -0.15) is 0 Å². The van der Waals surface area contributed by atoms with Crippen LogP contribution in [0.4, 0.5) is 0 Å². The van der Waals surface area contributed by atoms with Gasteiger partial charge in [-0.1, -0.05) is 6.07 Å². The van der Waals surface area contributed by atoms with E-state index in [0.717, 1.165) is 5.56 Å². The summed E-state index contributed by atoms with van der Waals surface area (Å²) < 4.78 is 52.1. The highest BCUT2D eigenvalue weighted by molar-refractivity contribution is 5.55. The average Bonchev–Trinajstić information content (AvgIpc) is 3.75. The fraction of sp³-hybridized carbons (Fsp3) is 0.636. The van der Waals surface area contributed by atoms with Crippen molar-refractivity contribution in [1.82, 2.24) is 0 Å². The third kappa shape index (κ3) is 6.69. The Balaban J connectivity index is 1.18. The van der Waals surface area contributed by atoms with Crippen molar-refractivity contribution >= 4 is 0 Å². The molecule has 8 N–H and O–H groups in total. The van der Waals surface area contributed by atoms with E-state index >= 15 is 0 Å². The first-order valence-corrected chi connectivity index (χ1v) is 16.2. The fourth-order valence-electron chi connectivity index (χ4n) is 6.94. The van der Waals surface area contributed by atoms with E-state index in [-0.39, 0.29) is 40.9 Å². The molecule has 17 heteroatoms. The van der Waals surface area contributed by atoms with E-state index in [1.807, 2.05) is 0 Å². The lowest BCUT2D eigenvalue weighted by molar-refractivity contribution is -0.277. The Labute approximate surface area is 287 Å². The van der Waals surface area contributed by atoms with Gasteiger partial charge >= 0.3 is 0 Å². The zero-order valence-electron chi connectivity index (χ0n) is 27.6. The van der Waals surface area contributed by atoms with Crippen molar-refractivity contribution in [3.05, 3.63) is 41.5 Å². The maximum Gasteiger partial charge on any atom is 0.229 e. The van der Waals surface area contributed by atoms with Crippen molar-refractivity contribution in [2.75, 3.05) is 47.8 Å². The average molecular weight is 713 g/mol. The molecule has 14 atom stereocenters. The highest BCUT2D eigenvalue weighted by atomic mass is 16.7. The van der Waals surface area contributed by atoms with E-state index in [1.165, 1.54) is 21.3 Å². The first-order chi connectivity index (χ1) is 24.0. The predicted molar refractivity (Wildman–Crippen MR) is 166 cm³/mol. The Bertz CT molecular complexity index is 1430. The number of methoxy groups -OCH3 is 3. The number of hydrogen-bond acceptors (Lipinski definition) is 17. The molecule has 4 aliphatic heterocycles. The van der Waals surface area contributed by atoms with E-state index in [1.54, 1.807) is 30.3 Å². The molecule has 0 spiro atoms. The van der Waals surface area contributed by atoms with Gasteiger partial charge in [0.1, 0.15) is 48.8 Å². The van der Waals surface area contributed by atoms with E-state index in [0.29, 0.717) is 24.5 Å². The molecule has 278 valence electrons. The number of ether oxygens (including phenoxy) is 9. The van der Waals surface area contributed by atoms with Gasteiger partial charge in [-0.3, -0.25) is 0 Å². The predicted octanol–water partition coefficient (Wildman–Crippen LogP) is -1.85. The lowest BCUT2D eigenvalue weighted by atomic mass is 9.84. The van der Waals surface area contributed by atoms with Crippen molar-refractivity contribution in [3.8, 4) is 28.7 Å². The van der Waals surface area contributed by atoms with Crippen LogP contribution >= 0.6 is 0 Å². The zero-order valence-corrected chi connectivity index (χ0v) is 27.6. The molecule has 4 heterocycles. The van der Waals surface area contributed by atoms with Crippen LogP contribution in [0.25, 0.3) is 0 Å². The maximum absolute atomic E-state index is 10.5. The Kier molecular flexibility index (Phi) is 11.2. The molecule has 2 aromatic carbocycles. The number of benzene rings is 2. The fourth-order valence-corrected chi connectivity index (χ4v) is 6.94. The van der Waals surface area contributed by atoms with Gasteiger partial charge in [0.2, 0.25) is 18.3 Å². The topological polar surface area (TPSA) is 245 Å². The second kappa shape index (κ2) is 15.3. The highest BCUT2D eigenvalue weighted by Gasteiger charge is 2.50. The van der Waals surface area contributed by atoms with E-state index in [4.69, 9.17) is 42.6 Å². The summed E-state index contributed by atoms with van der Waals surface area (Å²) in [6, 6.07) is 8.53. The number of fused-ring (bicyclic) bond motifs is 1. The minimum Gasteiger partial charge on any atom is -0.493 e. The van der Waals surface area contributed by atoms with Crippen molar-refractivity contribution in [1.29, 1.82) is 0 Å². The summed E-state index contributed by atoms with van der Waals surface area (Å²) in [6.07, 6.45) is -15.5. The van der Waals surface area contributed by atoms with Crippen LogP contribution in [0.2, 0.25) is 0 Å². The molecule has 4 saturated heterocycles. The van der Waals surface area contributed by atoms with Gasteiger partial charge in [-0.15, -0.1) is 0 Å². The zero-order chi connectivity index (χ0) is 35.9. The van der Waals surface area contributed by atoms with Gasteiger partial charge in [-0.25, -0.2) is 0 Å². The molecule has 50 heavy (non-hydrogen) atoms. The molecule has 0 bridgehead atoms. The second-order valence-electron chi connectivity index (χ2n) is 12.6. The van der Waals surface area contributed by atoms with Crippen LogP contribution in [0, 0.1) is 11.8 Å². The SMILES string of the molecule is COc1cc(C2OCC3C(c4cc(OC)c(OC5OC(CO)C(O)C(O)C5O)c(OC)c4)OCC23)ccc1OC1OC(CO)C(O)C(O)C1O. The van der Waals surface area contributed by atoms with E-state index in [9.17, 15) is 40.9 Å². The monoisotopic (exact) mass is 712 g/mol.